The van der Waals surface area contributed by atoms with Gasteiger partial charge in [0.15, 0.2) is 0 Å². The molecule has 6 heteroatoms. The van der Waals surface area contributed by atoms with E-state index in [9.17, 15) is 9.90 Å². The maximum absolute atomic E-state index is 12.5. The molecule has 1 aromatic heterocycles. The smallest absolute Gasteiger partial charge is 0.247 e. The van der Waals surface area contributed by atoms with E-state index >= 15 is 0 Å². The first-order valence-electron chi connectivity index (χ1n) is 6.34. The van der Waals surface area contributed by atoms with E-state index in [2.05, 4.69) is 10.3 Å². The summed E-state index contributed by atoms with van der Waals surface area (Å²) in [4.78, 5) is 14.2. The van der Waals surface area contributed by atoms with Gasteiger partial charge in [-0.3, -0.25) is 4.79 Å². The van der Waals surface area contributed by atoms with E-state index in [4.69, 9.17) is 0 Å². The molecule has 1 aliphatic rings. The number of aliphatic hydroxyl groups excluding tert-OH is 1. The number of amides is 1. The second-order valence-corrected chi connectivity index (χ2v) is 5.26. The van der Waals surface area contributed by atoms with Crippen LogP contribution in [0.5, 0.6) is 0 Å². The molecule has 0 bridgehead atoms. The molecule has 2 rings (SSSR count). The monoisotopic (exact) mass is 252 g/mol. The van der Waals surface area contributed by atoms with Crippen LogP contribution in [-0.2, 0) is 4.79 Å². The summed E-state index contributed by atoms with van der Waals surface area (Å²) in [7, 11) is 0. The second kappa shape index (κ2) is 5.06. The molecule has 1 fully saturated rings. The first-order valence-corrected chi connectivity index (χ1v) is 6.34. The average Bonchev–Trinajstić information content (AvgIpc) is 2.87. The van der Waals surface area contributed by atoms with E-state index in [1.165, 1.54) is 0 Å². The number of aryl methyl sites for hydroxylation is 1. The number of likely N-dealkylation sites (tertiary alicyclic amines) is 1. The number of aliphatic hydroxyl groups is 1. The summed E-state index contributed by atoms with van der Waals surface area (Å²) in [5, 5.41) is 17.5. The van der Waals surface area contributed by atoms with Gasteiger partial charge in [-0.05, 0) is 19.3 Å². The number of aromatic nitrogens is 3. The standard InChI is InChI=1S/C12H20N4O2/c1-8(2)11(16-6-9(3)13-14-16)12(18)15-5-4-10(17)7-15/h6,8,10-11,17H,4-5,7H2,1-3H3/t10-,11+/m1/s1. The van der Waals surface area contributed by atoms with E-state index in [-0.39, 0.29) is 24.0 Å². The molecular weight excluding hydrogens is 232 g/mol. The number of β-amino-alcohol motifs (C(OH)–C–C–N with tert-alkyl or cyclic N) is 1. The summed E-state index contributed by atoms with van der Waals surface area (Å²) in [6, 6.07) is -0.337. The summed E-state index contributed by atoms with van der Waals surface area (Å²) in [5.74, 6) is 0.155. The molecule has 0 radical (unpaired) electrons. The maximum atomic E-state index is 12.5. The number of hydrogen-bond donors (Lipinski definition) is 1. The summed E-state index contributed by atoms with van der Waals surface area (Å²) in [6.07, 6.45) is 2.06. The highest BCUT2D eigenvalue weighted by molar-refractivity contribution is 5.81. The Bertz CT molecular complexity index is 429. The van der Waals surface area contributed by atoms with E-state index in [0.717, 1.165) is 5.69 Å². The lowest BCUT2D eigenvalue weighted by Gasteiger charge is -2.25. The SMILES string of the molecule is Cc1cn([C@H](C(=O)N2CC[C@@H](O)C2)C(C)C)nn1. The van der Waals surface area contributed by atoms with E-state index in [1.807, 2.05) is 20.8 Å². The zero-order valence-electron chi connectivity index (χ0n) is 11.1. The molecule has 1 N–H and O–H groups in total. The summed E-state index contributed by atoms with van der Waals surface area (Å²) in [5.41, 5.74) is 0.801. The second-order valence-electron chi connectivity index (χ2n) is 5.26. The minimum absolute atomic E-state index is 0.0199. The Balaban J connectivity index is 2.18. The fraction of sp³-hybridized carbons (Fsp3) is 0.750. The molecule has 18 heavy (non-hydrogen) atoms. The Morgan fingerprint density at radius 2 is 2.28 bits per heavy atom. The van der Waals surface area contributed by atoms with E-state index in [1.54, 1.807) is 15.8 Å². The summed E-state index contributed by atoms with van der Waals surface area (Å²) in [6.45, 7) is 6.88. The molecule has 1 aliphatic heterocycles. The van der Waals surface area contributed by atoms with Crippen molar-refractivity contribution >= 4 is 5.91 Å². The van der Waals surface area contributed by atoms with Crippen molar-refractivity contribution in [2.24, 2.45) is 5.92 Å². The van der Waals surface area contributed by atoms with Crippen LogP contribution in [0.2, 0.25) is 0 Å². The number of nitrogens with zero attached hydrogens (tertiary/aromatic N) is 4. The topological polar surface area (TPSA) is 71.2 Å². The molecule has 0 aliphatic carbocycles. The summed E-state index contributed by atoms with van der Waals surface area (Å²) < 4.78 is 1.63. The molecule has 0 aromatic carbocycles. The van der Waals surface area contributed by atoms with Crippen LogP contribution in [0.1, 0.15) is 32.0 Å². The Kier molecular flexibility index (Phi) is 3.65. The van der Waals surface area contributed by atoms with Crippen molar-refractivity contribution < 1.29 is 9.90 Å². The summed E-state index contributed by atoms with van der Waals surface area (Å²) >= 11 is 0. The Morgan fingerprint density at radius 1 is 1.56 bits per heavy atom. The van der Waals surface area contributed by atoms with Crippen LogP contribution in [0.25, 0.3) is 0 Å². The van der Waals surface area contributed by atoms with Gasteiger partial charge >= 0.3 is 0 Å². The van der Waals surface area contributed by atoms with Crippen molar-refractivity contribution in [1.29, 1.82) is 0 Å². The zero-order chi connectivity index (χ0) is 13.3. The quantitative estimate of drug-likeness (QED) is 0.844. The van der Waals surface area contributed by atoms with Crippen LogP contribution in [0.4, 0.5) is 0 Å². The lowest BCUT2D eigenvalue weighted by molar-refractivity contribution is -0.135. The number of carbonyl (C=O) groups excluding carboxylic acids is 1. The molecule has 1 amide bonds. The van der Waals surface area contributed by atoms with Crippen molar-refractivity contribution in [3.8, 4) is 0 Å². The normalized spacial score (nSPS) is 21.6. The third kappa shape index (κ3) is 2.53. The van der Waals surface area contributed by atoms with Crippen LogP contribution in [-0.4, -0.2) is 50.1 Å². The molecule has 100 valence electrons. The molecular formula is C12H20N4O2. The van der Waals surface area contributed by atoms with Gasteiger partial charge in [0.1, 0.15) is 6.04 Å². The number of carbonyl (C=O) groups is 1. The molecule has 1 saturated heterocycles. The van der Waals surface area contributed by atoms with Crippen LogP contribution < -0.4 is 0 Å². The molecule has 1 aromatic rings. The van der Waals surface area contributed by atoms with Crippen LogP contribution in [0, 0.1) is 12.8 Å². The van der Waals surface area contributed by atoms with Gasteiger partial charge in [0.25, 0.3) is 0 Å². The van der Waals surface area contributed by atoms with Crippen molar-refractivity contribution in [3.05, 3.63) is 11.9 Å². The first kappa shape index (κ1) is 13.0. The highest BCUT2D eigenvalue weighted by Crippen LogP contribution is 2.22. The van der Waals surface area contributed by atoms with Crippen LogP contribution in [0.15, 0.2) is 6.20 Å². The fourth-order valence-corrected chi connectivity index (χ4v) is 2.33. The molecule has 6 nitrogen and oxygen atoms in total. The highest BCUT2D eigenvalue weighted by Gasteiger charge is 2.33. The minimum atomic E-state index is -0.390. The fourth-order valence-electron chi connectivity index (χ4n) is 2.33. The van der Waals surface area contributed by atoms with Gasteiger partial charge in [0.2, 0.25) is 5.91 Å². The van der Waals surface area contributed by atoms with Crippen molar-refractivity contribution in [1.82, 2.24) is 19.9 Å². The predicted molar refractivity (Wildman–Crippen MR) is 65.8 cm³/mol. The maximum Gasteiger partial charge on any atom is 0.247 e. The zero-order valence-corrected chi connectivity index (χ0v) is 11.1. The van der Waals surface area contributed by atoms with Crippen molar-refractivity contribution in [3.63, 3.8) is 0 Å². The van der Waals surface area contributed by atoms with E-state index in [0.29, 0.717) is 19.5 Å². The third-order valence-corrected chi connectivity index (χ3v) is 3.27. The Labute approximate surface area is 107 Å². The van der Waals surface area contributed by atoms with Crippen molar-refractivity contribution in [2.45, 2.75) is 39.3 Å². The van der Waals surface area contributed by atoms with Gasteiger partial charge in [-0.1, -0.05) is 19.1 Å². The van der Waals surface area contributed by atoms with Gasteiger partial charge in [-0.25, -0.2) is 4.68 Å². The highest BCUT2D eigenvalue weighted by atomic mass is 16.3. The molecule has 0 unspecified atom stereocenters. The van der Waals surface area contributed by atoms with Crippen molar-refractivity contribution in [2.75, 3.05) is 13.1 Å². The average molecular weight is 252 g/mol. The van der Waals surface area contributed by atoms with Gasteiger partial charge in [-0.2, -0.15) is 0 Å². The largest absolute Gasteiger partial charge is 0.391 e. The van der Waals surface area contributed by atoms with Crippen LogP contribution >= 0.6 is 0 Å². The van der Waals surface area contributed by atoms with Crippen LogP contribution in [0.3, 0.4) is 0 Å². The van der Waals surface area contributed by atoms with Gasteiger partial charge in [-0.15, -0.1) is 5.10 Å². The molecule has 2 heterocycles. The molecule has 2 atom stereocenters. The van der Waals surface area contributed by atoms with E-state index < -0.39 is 0 Å². The lowest BCUT2D eigenvalue weighted by Crippen LogP contribution is -2.38. The minimum Gasteiger partial charge on any atom is -0.391 e. The Morgan fingerprint density at radius 3 is 2.72 bits per heavy atom. The first-order chi connectivity index (χ1) is 8.49. The Hall–Kier alpha value is -1.43. The number of hydrogen-bond acceptors (Lipinski definition) is 4. The van der Waals surface area contributed by atoms with Gasteiger partial charge < -0.3 is 10.0 Å². The molecule has 0 saturated carbocycles. The van der Waals surface area contributed by atoms with Gasteiger partial charge in [0, 0.05) is 19.3 Å². The molecule has 0 spiro atoms. The van der Waals surface area contributed by atoms with Gasteiger partial charge in [0.05, 0.1) is 11.8 Å². The third-order valence-electron chi connectivity index (χ3n) is 3.27. The predicted octanol–water partition coefficient (Wildman–Crippen LogP) is 0.377. The number of rotatable bonds is 3. The lowest BCUT2D eigenvalue weighted by atomic mass is 10.0.